The van der Waals surface area contributed by atoms with Crippen LogP contribution in [0.15, 0.2) is 30.3 Å². The van der Waals surface area contributed by atoms with Crippen LogP contribution in [0.4, 0.5) is 11.4 Å². The maximum atomic E-state index is 12.5. The number of rotatable bonds is 2. The molecule has 2 aromatic rings. The number of nitrogens with zero attached hydrogens (tertiary/aromatic N) is 2. The summed E-state index contributed by atoms with van der Waals surface area (Å²) in [5, 5.41) is 31.7. The van der Waals surface area contributed by atoms with Gasteiger partial charge in [-0.1, -0.05) is 6.07 Å². The molecule has 0 heterocycles. The number of benzene rings is 2. The average molecular weight is 314 g/mol. The Morgan fingerprint density at radius 1 is 0.826 bits per heavy atom. The molecule has 1 aliphatic carbocycles. The number of phenolic OH excluding ortho intramolecular Hbond substituents is 1. The van der Waals surface area contributed by atoms with E-state index >= 15 is 0 Å². The minimum atomic E-state index is -0.916. The van der Waals surface area contributed by atoms with Gasteiger partial charge in [-0.15, -0.1) is 0 Å². The van der Waals surface area contributed by atoms with Gasteiger partial charge in [-0.3, -0.25) is 29.8 Å². The third-order valence-electron chi connectivity index (χ3n) is 3.48. The minimum absolute atomic E-state index is 0.273. The number of fused-ring (bicyclic) bond motifs is 2. The fourth-order valence-electron chi connectivity index (χ4n) is 2.56. The van der Waals surface area contributed by atoms with E-state index in [2.05, 4.69) is 0 Å². The number of phenols is 1. The first-order chi connectivity index (χ1) is 10.8. The van der Waals surface area contributed by atoms with Crippen molar-refractivity contribution in [3.8, 4) is 5.75 Å². The smallest absolute Gasteiger partial charge is 0.285 e. The van der Waals surface area contributed by atoms with Gasteiger partial charge >= 0.3 is 0 Å². The van der Waals surface area contributed by atoms with Crippen molar-refractivity contribution in [1.82, 2.24) is 0 Å². The number of carbonyl (C=O) groups is 2. The molecule has 1 aliphatic rings. The molecule has 1 N–H and O–H groups in total. The van der Waals surface area contributed by atoms with Crippen LogP contribution >= 0.6 is 0 Å². The summed E-state index contributed by atoms with van der Waals surface area (Å²) in [5.74, 6) is -2.37. The van der Waals surface area contributed by atoms with Crippen LogP contribution in [0.25, 0.3) is 0 Å². The highest BCUT2D eigenvalue weighted by molar-refractivity contribution is 6.31. The van der Waals surface area contributed by atoms with Gasteiger partial charge in [0.25, 0.3) is 11.4 Å². The maximum Gasteiger partial charge on any atom is 0.285 e. The summed E-state index contributed by atoms with van der Waals surface area (Å²) in [7, 11) is 0. The highest BCUT2D eigenvalue weighted by atomic mass is 16.6. The number of ketones is 2. The predicted octanol–water partition coefficient (Wildman–Crippen LogP) is 1.98. The molecule has 0 aromatic heterocycles. The van der Waals surface area contributed by atoms with Crippen molar-refractivity contribution < 1.29 is 24.5 Å². The molecule has 114 valence electrons. The van der Waals surface area contributed by atoms with E-state index < -0.39 is 55.2 Å². The first kappa shape index (κ1) is 14.3. The highest BCUT2D eigenvalue weighted by Gasteiger charge is 2.40. The molecule has 0 radical (unpaired) electrons. The van der Waals surface area contributed by atoms with Crippen LogP contribution in [0.2, 0.25) is 0 Å². The van der Waals surface area contributed by atoms with E-state index in [4.69, 9.17) is 0 Å². The van der Waals surface area contributed by atoms with Crippen LogP contribution in [0.5, 0.6) is 5.75 Å². The van der Waals surface area contributed by atoms with Gasteiger partial charge < -0.3 is 5.11 Å². The molecule has 0 saturated carbocycles. The molecule has 0 spiro atoms. The molecule has 9 heteroatoms. The van der Waals surface area contributed by atoms with Crippen LogP contribution in [0, 0.1) is 20.2 Å². The van der Waals surface area contributed by atoms with Gasteiger partial charge in [0, 0.05) is 17.2 Å². The van der Waals surface area contributed by atoms with Gasteiger partial charge in [-0.2, -0.15) is 0 Å². The Bertz CT molecular complexity index is 933. The number of nitro benzene ring substituents is 2. The Kier molecular flexibility index (Phi) is 2.93. The van der Waals surface area contributed by atoms with Gasteiger partial charge in [0.2, 0.25) is 11.6 Å². The molecule has 3 rings (SSSR count). The molecular formula is C14H6N2O7. The second-order valence-corrected chi connectivity index (χ2v) is 4.76. The Balaban J connectivity index is 2.40. The second-order valence-electron chi connectivity index (χ2n) is 4.76. The number of aromatic hydroxyl groups is 1. The average Bonchev–Trinajstić information content (AvgIpc) is 2.50. The number of nitro groups is 2. The van der Waals surface area contributed by atoms with Crippen LogP contribution < -0.4 is 0 Å². The van der Waals surface area contributed by atoms with E-state index in [9.17, 15) is 34.9 Å². The number of hydrogen-bond acceptors (Lipinski definition) is 7. The molecular weight excluding hydrogens is 308 g/mol. The molecule has 9 nitrogen and oxygen atoms in total. The van der Waals surface area contributed by atoms with Crippen LogP contribution in [0.1, 0.15) is 31.8 Å². The highest BCUT2D eigenvalue weighted by Crippen LogP contribution is 2.38. The van der Waals surface area contributed by atoms with Crippen molar-refractivity contribution in [2.45, 2.75) is 0 Å². The summed E-state index contributed by atoms with van der Waals surface area (Å²) in [4.78, 5) is 45.5. The first-order valence-corrected chi connectivity index (χ1v) is 6.21. The van der Waals surface area contributed by atoms with Crippen molar-refractivity contribution in [3.05, 3.63) is 72.8 Å². The van der Waals surface area contributed by atoms with Gasteiger partial charge in [-0.05, 0) is 12.1 Å². The van der Waals surface area contributed by atoms with Crippen molar-refractivity contribution in [3.63, 3.8) is 0 Å². The van der Waals surface area contributed by atoms with Gasteiger partial charge in [0.15, 0.2) is 0 Å². The summed E-state index contributed by atoms with van der Waals surface area (Å²) in [6, 6.07) is 5.13. The first-order valence-electron chi connectivity index (χ1n) is 6.21. The lowest BCUT2D eigenvalue weighted by Crippen LogP contribution is -2.23. The summed E-state index contributed by atoms with van der Waals surface area (Å²) in [6.07, 6.45) is 0. The van der Waals surface area contributed by atoms with Crippen LogP contribution in [-0.4, -0.2) is 26.5 Å². The maximum absolute atomic E-state index is 12.5. The van der Waals surface area contributed by atoms with E-state index in [1.165, 1.54) is 12.1 Å². The fourth-order valence-corrected chi connectivity index (χ4v) is 2.56. The summed E-state index contributed by atoms with van der Waals surface area (Å²) in [6.45, 7) is 0. The molecule has 0 unspecified atom stereocenters. The minimum Gasteiger partial charge on any atom is -0.508 e. The molecule has 0 fully saturated rings. The molecule has 0 amide bonds. The number of hydrogen-bond donors (Lipinski definition) is 1. The standard InChI is InChI=1S/C14H6N2O7/c17-6-4-8-12(10(5-6)16(22)23)13(18)7-2-1-3-9(15(20)21)11(7)14(8)19/h1-5,17H. The Hall–Kier alpha value is -3.62. The van der Waals surface area contributed by atoms with Crippen LogP contribution in [0.3, 0.4) is 0 Å². The quantitative estimate of drug-likeness (QED) is 0.563. The van der Waals surface area contributed by atoms with Crippen LogP contribution in [-0.2, 0) is 0 Å². The third kappa shape index (κ3) is 1.94. The monoisotopic (exact) mass is 314 g/mol. The zero-order chi connectivity index (χ0) is 16.9. The zero-order valence-corrected chi connectivity index (χ0v) is 11.2. The molecule has 0 aliphatic heterocycles. The zero-order valence-electron chi connectivity index (χ0n) is 11.2. The van der Waals surface area contributed by atoms with Gasteiger partial charge in [-0.25, -0.2) is 0 Å². The van der Waals surface area contributed by atoms with E-state index in [0.717, 1.165) is 18.2 Å². The lowest BCUT2D eigenvalue weighted by molar-refractivity contribution is -0.385. The van der Waals surface area contributed by atoms with Crippen molar-refractivity contribution in [2.24, 2.45) is 0 Å². The van der Waals surface area contributed by atoms with Crippen molar-refractivity contribution in [1.29, 1.82) is 0 Å². The Morgan fingerprint density at radius 3 is 2.00 bits per heavy atom. The summed E-state index contributed by atoms with van der Waals surface area (Å²) >= 11 is 0. The van der Waals surface area contributed by atoms with Gasteiger partial charge in [0.05, 0.1) is 15.9 Å². The second kappa shape index (κ2) is 4.70. The normalized spacial score (nSPS) is 12.5. The largest absolute Gasteiger partial charge is 0.508 e. The lowest BCUT2D eigenvalue weighted by atomic mass is 9.82. The molecule has 2 aromatic carbocycles. The summed E-state index contributed by atoms with van der Waals surface area (Å²) < 4.78 is 0. The SMILES string of the molecule is O=C1c2cc(O)cc([N+](=O)[O-])c2C(=O)c2cccc([N+](=O)[O-])c21. The predicted molar refractivity (Wildman–Crippen MR) is 74.7 cm³/mol. The number of carbonyl (C=O) groups excluding carboxylic acids is 2. The Morgan fingerprint density at radius 2 is 1.39 bits per heavy atom. The summed E-state index contributed by atoms with van der Waals surface area (Å²) in [5.41, 5.74) is -2.91. The topological polar surface area (TPSA) is 141 Å². The molecule has 0 bridgehead atoms. The van der Waals surface area contributed by atoms with E-state index in [0.29, 0.717) is 0 Å². The molecule has 0 saturated heterocycles. The lowest BCUT2D eigenvalue weighted by Gasteiger charge is -2.17. The molecule has 0 atom stereocenters. The van der Waals surface area contributed by atoms with Crippen molar-refractivity contribution in [2.75, 3.05) is 0 Å². The van der Waals surface area contributed by atoms with E-state index in [1.54, 1.807) is 0 Å². The third-order valence-corrected chi connectivity index (χ3v) is 3.48. The van der Waals surface area contributed by atoms with E-state index in [1.807, 2.05) is 0 Å². The fraction of sp³-hybridized carbons (Fsp3) is 0. The van der Waals surface area contributed by atoms with Crippen molar-refractivity contribution >= 4 is 22.9 Å². The Labute approximate surface area is 127 Å². The van der Waals surface area contributed by atoms with E-state index in [-0.39, 0.29) is 5.56 Å². The molecule has 23 heavy (non-hydrogen) atoms. The van der Waals surface area contributed by atoms with Gasteiger partial charge in [0.1, 0.15) is 16.9 Å².